The lowest BCUT2D eigenvalue weighted by Crippen LogP contribution is -2.16. The van der Waals surface area contributed by atoms with E-state index >= 15 is 0 Å². The summed E-state index contributed by atoms with van der Waals surface area (Å²) in [6.07, 6.45) is 1.20. The van der Waals surface area contributed by atoms with Crippen LogP contribution < -0.4 is 10.2 Å². The van der Waals surface area contributed by atoms with Crippen molar-refractivity contribution >= 4 is 34.0 Å². The van der Waals surface area contributed by atoms with Crippen LogP contribution in [0.15, 0.2) is 52.0 Å². The van der Waals surface area contributed by atoms with Crippen molar-refractivity contribution < 1.29 is 19.4 Å². The zero-order chi connectivity index (χ0) is 18.9. The van der Waals surface area contributed by atoms with Crippen molar-refractivity contribution in [1.29, 1.82) is 5.26 Å². The van der Waals surface area contributed by atoms with E-state index in [1.54, 1.807) is 36.4 Å². The van der Waals surface area contributed by atoms with Gasteiger partial charge in [0.2, 0.25) is 0 Å². The maximum absolute atomic E-state index is 11.1. The normalized spacial score (nSPS) is 10.3. The number of carboxylic acid groups (broad SMARTS) is 1. The molecule has 0 radical (unpaired) electrons. The van der Waals surface area contributed by atoms with Gasteiger partial charge in [0.15, 0.2) is 0 Å². The van der Waals surface area contributed by atoms with Gasteiger partial charge in [-0.25, -0.2) is 10.2 Å². The minimum Gasteiger partial charge on any atom is -0.488 e. The predicted molar refractivity (Wildman–Crippen MR) is 97.8 cm³/mol. The van der Waals surface area contributed by atoms with Crippen LogP contribution in [0.25, 0.3) is 0 Å². The second kappa shape index (κ2) is 9.34. The number of rotatable bonds is 7. The molecule has 2 aromatic rings. The van der Waals surface area contributed by atoms with Crippen LogP contribution in [0, 0.1) is 11.3 Å². The zero-order valence-corrected chi connectivity index (χ0v) is 15.1. The minimum absolute atomic E-state index is 0.223. The van der Waals surface area contributed by atoms with Crippen LogP contribution in [0.5, 0.6) is 5.75 Å². The maximum atomic E-state index is 11.1. The molecule has 0 saturated heterocycles. The summed E-state index contributed by atoms with van der Waals surface area (Å²) in [4.78, 5) is 22.0. The molecule has 0 saturated carbocycles. The Morgan fingerprint density at radius 3 is 2.62 bits per heavy atom. The van der Waals surface area contributed by atoms with E-state index in [4.69, 9.17) is 15.1 Å². The Bertz CT molecular complexity index is 873. The van der Waals surface area contributed by atoms with Gasteiger partial charge in [0.25, 0.3) is 5.91 Å². The Morgan fingerprint density at radius 2 is 2.00 bits per heavy atom. The van der Waals surface area contributed by atoms with E-state index < -0.39 is 11.9 Å². The van der Waals surface area contributed by atoms with Gasteiger partial charge in [0.1, 0.15) is 18.8 Å². The van der Waals surface area contributed by atoms with E-state index in [-0.39, 0.29) is 18.6 Å². The van der Waals surface area contributed by atoms with E-state index in [0.717, 1.165) is 11.1 Å². The summed E-state index contributed by atoms with van der Waals surface area (Å²) >= 11 is 3.40. The van der Waals surface area contributed by atoms with Crippen LogP contribution in [-0.4, -0.2) is 23.2 Å². The fourth-order valence-electron chi connectivity index (χ4n) is 1.91. The van der Waals surface area contributed by atoms with Gasteiger partial charge in [-0.15, -0.1) is 0 Å². The summed E-state index contributed by atoms with van der Waals surface area (Å²) in [7, 11) is 0. The molecule has 0 aliphatic heterocycles. The van der Waals surface area contributed by atoms with Gasteiger partial charge in [-0.2, -0.15) is 10.4 Å². The number of halogens is 1. The number of ether oxygens (including phenoxy) is 1. The van der Waals surface area contributed by atoms with Crippen LogP contribution >= 0.6 is 15.9 Å². The Balaban J connectivity index is 1.94. The number of carboxylic acids is 1. The molecule has 2 aromatic carbocycles. The first-order valence-corrected chi connectivity index (χ1v) is 8.22. The highest BCUT2D eigenvalue weighted by Crippen LogP contribution is 2.26. The lowest BCUT2D eigenvalue weighted by molar-refractivity contribution is -0.120. The van der Waals surface area contributed by atoms with Crippen molar-refractivity contribution in [3.05, 3.63) is 63.6 Å². The highest BCUT2D eigenvalue weighted by Gasteiger charge is 2.05. The topological polar surface area (TPSA) is 112 Å². The highest BCUT2D eigenvalue weighted by molar-refractivity contribution is 9.10. The third-order valence-corrected chi connectivity index (χ3v) is 3.81. The number of nitriles is 1. The molecule has 0 atom stereocenters. The molecule has 1 amide bonds. The van der Waals surface area contributed by atoms with Crippen LogP contribution in [0.2, 0.25) is 0 Å². The maximum Gasteiger partial charge on any atom is 0.335 e. The number of amides is 1. The number of nitrogens with one attached hydrogen (secondary N) is 1. The zero-order valence-electron chi connectivity index (χ0n) is 13.5. The SMILES string of the molecule is N#CCC(=O)NN=Cc1ccc(OCc2ccc(C(=O)O)cc2)c(Br)c1. The fraction of sp³-hybridized carbons (Fsp3) is 0.111. The first kappa shape index (κ1) is 19.1. The molecule has 0 aliphatic carbocycles. The van der Waals surface area contributed by atoms with E-state index in [9.17, 15) is 9.59 Å². The molecule has 0 aliphatic rings. The molecule has 0 bridgehead atoms. The van der Waals surface area contributed by atoms with E-state index in [0.29, 0.717) is 10.2 Å². The average Bonchev–Trinajstić information content (AvgIpc) is 2.61. The molecule has 132 valence electrons. The molecular weight excluding hydrogens is 402 g/mol. The van der Waals surface area contributed by atoms with Crippen LogP contribution in [0.3, 0.4) is 0 Å². The highest BCUT2D eigenvalue weighted by atomic mass is 79.9. The molecular formula is C18H14BrN3O4. The predicted octanol–water partition coefficient (Wildman–Crippen LogP) is 3.09. The van der Waals surface area contributed by atoms with Gasteiger partial charge in [-0.3, -0.25) is 4.79 Å². The smallest absolute Gasteiger partial charge is 0.335 e. The minimum atomic E-state index is -0.971. The van der Waals surface area contributed by atoms with Crippen molar-refractivity contribution in [3.8, 4) is 11.8 Å². The van der Waals surface area contributed by atoms with Crippen molar-refractivity contribution in [1.82, 2.24) is 5.43 Å². The van der Waals surface area contributed by atoms with Crippen molar-refractivity contribution in [2.24, 2.45) is 5.10 Å². The molecule has 0 spiro atoms. The molecule has 0 unspecified atom stereocenters. The lowest BCUT2D eigenvalue weighted by atomic mass is 10.1. The van der Waals surface area contributed by atoms with E-state index in [1.807, 2.05) is 0 Å². The molecule has 7 nitrogen and oxygen atoms in total. The molecule has 26 heavy (non-hydrogen) atoms. The third kappa shape index (κ3) is 5.72. The summed E-state index contributed by atoms with van der Waals surface area (Å²) in [6, 6.07) is 13.4. The van der Waals surface area contributed by atoms with Crippen molar-refractivity contribution in [3.63, 3.8) is 0 Å². The molecule has 0 aromatic heterocycles. The quantitative estimate of drug-likeness (QED) is 0.532. The molecule has 8 heteroatoms. The third-order valence-electron chi connectivity index (χ3n) is 3.19. The summed E-state index contributed by atoms with van der Waals surface area (Å²) in [6.45, 7) is 0.288. The number of carbonyl (C=O) groups is 2. The first-order valence-electron chi connectivity index (χ1n) is 7.43. The monoisotopic (exact) mass is 415 g/mol. The van der Waals surface area contributed by atoms with Gasteiger partial charge in [0, 0.05) is 0 Å². The van der Waals surface area contributed by atoms with E-state index in [1.165, 1.54) is 18.3 Å². The Kier molecular flexibility index (Phi) is 6.88. The molecule has 0 fully saturated rings. The number of hydrogen-bond acceptors (Lipinski definition) is 5. The number of hydrogen-bond donors (Lipinski definition) is 2. The first-order chi connectivity index (χ1) is 12.5. The van der Waals surface area contributed by atoms with Crippen LogP contribution in [-0.2, 0) is 11.4 Å². The Morgan fingerprint density at radius 1 is 1.27 bits per heavy atom. The van der Waals surface area contributed by atoms with Gasteiger partial charge in [-0.05, 0) is 57.4 Å². The second-order valence-electron chi connectivity index (χ2n) is 5.11. The number of benzene rings is 2. The molecule has 0 heterocycles. The summed E-state index contributed by atoms with van der Waals surface area (Å²) in [5.74, 6) is -0.837. The Hall–Kier alpha value is -3.18. The summed E-state index contributed by atoms with van der Waals surface area (Å²) < 4.78 is 6.41. The molecule has 2 N–H and O–H groups in total. The standard InChI is InChI=1S/C18H14BrN3O4/c19-15-9-13(10-21-22-17(23)7-8-20)3-6-16(15)26-11-12-1-4-14(5-2-12)18(24)25/h1-6,9-10H,7,11H2,(H,22,23)(H,24,25). The number of hydrazone groups is 1. The Labute approximate surface area is 158 Å². The van der Waals surface area contributed by atoms with Crippen molar-refractivity contribution in [2.75, 3.05) is 0 Å². The summed E-state index contributed by atoms with van der Waals surface area (Å²) in [5, 5.41) is 21.0. The number of nitrogens with zero attached hydrogens (tertiary/aromatic N) is 2. The fourth-order valence-corrected chi connectivity index (χ4v) is 2.42. The van der Waals surface area contributed by atoms with Gasteiger partial charge in [0.05, 0.1) is 22.3 Å². The average molecular weight is 416 g/mol. The number of carbonyl (C=O) groups excluding carboxylic acids is 1. The van der Waals surface area contributed by atoms with Gasteiger partial charge >= 0.3 is 5.97 Å². The van der Waals surface area contributed by atoms with Crippen LogP contribution in [0.1, 0.15) is 27.9 Å². The van der Waals surface area contributed by atoms with Gasteiger partial charge in [-0.1, -0.05) is 12.1 Å². The lowest BCUT2D eigenvalue weighted by Gasteiger charge is -2.09. The second-order valence-corrected chi connectivity index (χ2v) is 5.96. The van der Waals surface area contributed by atoms with E-state index in [2.05, 4.69) is 26.5 Å². The van der Waals surface area contributed by atoms with Crippen molar-refractivity contribution in [2.45, 2.75) is 13.0 Å². The largest absolute Gasteiger partial charge is 0.488 e. The van der Waals surface area contributed by atoms with Crippen LogP contribution in [0.4, 0.5) is 0 Å². The van der Waals surface area contributed by atoms with Gasteiger partial charge < -0.3 is 9.84 Å². The summed E-state index contributed by atoms with van der Waals surface area (Å²) in [5.41, 5.74) is 4.04. The number of aromatic carboxylic acids is 1. The molecule has 2 rings (SSSR count).